The number of carbonyl (C=O) groups excluding carboxylic acids is 2. The van der Waals surface area contributed by atoms with E-state index in [9.17, 15) is 9.59 Å². The first-order valence-electron chi connectivity index (χ1n) is 9.13. The summed E-state index contributed by atoms with van der Waals surface area (Å²) in [5.41, 5.74) is 1.37. The first-order valence-corrected chi connectivity index (χ1v) is 9.13. The number of nitrogens with zero attached hydrogens (tertiary/aromatic N) is 1. The summed E-state index contributed by atoms with van der Waals surface area (Å²) in [6, 6.07) is 7.50. The molecule has 0 spiro atoms. The predicted octanol–water partition coefficient (Wildman–Crippen LogP) is 3.91. The molecule has 2 aliphatic heterocycles. The third kappa shape index (κ3) is 3.43. The lowest BCUT2D eigenvalue weighted by Gasteiger charge is -2.38. The van der Waals surface area contributed by atoms with Crippen LogP contribution in [0.1, 0.15) is 32.1 Å². The number of anilines is 2. The van der Waals surface area contributed by atoms with Crippen LogP contribution in [0.2, 0.25) is 0 Å². The number of fused-ring (bicyclic) bond motifs is 1. The molecule has 0 radical (unpaired) electrons. The Balaban J connectivity index is 1.41. The number of methoxy groups -OCH3 is 1. The van der Waals surface area contributed by atoms with E-state index in [0.717, 1.165) is 24.1 Å². The van der Waals surface area contributed by atoms with Gasteiger partial charge in [-0.2, -0.15) is 0 Å². The largest absolute Gasteiger partial charge is 0.453 e. The Morgan fingerprint density at radius 2 is 1.48 bits per heavy atom. The number of nitrogens with one attached hydrogen (secondary N) is 2. The van der Waals surface area contributed by atoms with Gasteiger partial charge in [0.15, 0.2) is 0 Å². The van der Waals surface area contributed by atoms with Crippen molar-refractivity contribution in [1.29, 1.82) is 0 Å². The standard InChI is InChI=1S/C19H25N3O3/c1-25-19(24)21-16-4-2-15(3-5-16)20-18(23)22-11-14-7-12-6-13(8-14)10-17(22)9-12/h2-5,12-14,17H,6-11H2,1H3,(H,20,23)(H,21,24). The SMILES string of the molecule is COC(=O)Nc1ccc(NC(=O)N2CC3CC4CC(C3)CC2C4)cc1. The van der Waals surface area contributed by atoms with Gasteiger partial charge in [-0.15, -0.1) is 0 Å². The molecule has 4 aliphatic rings. The van der Waals surface area contributed by atoms with Gasteiger partial charge in [0, 0.05) is 24.0 Å². The monoisotopic (exact) mass is 343 g/mol. The Morgan fingerprint density at radius 3 is 2.08 bits per heavy atom. The molecule has 2 N–H and O–H groups in total. The van der Waals surface area contributed by atoms with Crippen molar-refractivity contribution in [3.8, 4) is 0 Å². The Morgan fingerprint density at radius 1 is 0.920 bits per heavy atom. The third-order valence-corrected chi connectivity index (χ3v) is 5.94. The summed E-state index contributed by atoms with van der Waals surface area (Å²) in [6.07, 6.45) is 5.80. The van der Waals surface area contributed by atoms with E-state index in [1.807, 2.05) is 0 Å². The molecule has 4 fully saturated rings. The third-order valence-electron chi connectivity index (χ3n) is 5.94. The minimum Gasteiger partial charge on any atom is -0.453 e. The van der Waals surface area contributed by atoms with Crippen molar-refractivity contribution in [3.05, 3.63) is 24.3 Å². The molecule has 5 rings (SSSR count). The molecular formula is C19H25N3O3. The lowest BCUT2D eigenvalue weighted by Crippen LogP contribution is -2.44. The van der Waals surface area contributed by atoms with E-state index in [2.05, 4.69) is 20.3 Å². The van der Waals surface area contributed by atoms with Crippen LogP contribution in [0.5, 0.6) is 0 Å². The molecule has 25 heavy (non-hydrogen) atoms. The maximum Gasteiger partial charge on any atom is 0.411 e. The number of hydrogen-bond acceptors (Lipinski definition) is 3. The van der Waals surface area contributed by atoms with E-state index in [1.165, 1.54) is 39.2 Å². The first-order chi connectivity index (χ1) is 12.1. The van der Waals surface area contributed by atoms with E-state index in [0.29, 0.717) is 17.6 Å². The number of benzene rings is 1. The van der Waals surface area contributed by atoms with Crippen molar-refractivity contribution in [2.24, 2.45) is 17.8 Å². The highest BCUT2D eigenvalue weighted by atomic mass is 16.5. The van der Waals surface area contributed by atoms with Crippen molar-refractivity contribution in [1.82, 2.24) is 4.90 Å². The topological polar surface area (TPSA) is 70.7 Å². The fourth-order valence-corrected chi connectivity index (χ4v) is 5.03. The number of carbonyl (C=O) groups is 2. The maximum absolute atomic E-state index is 12.8. The zero-order valence-electron chi connectivity index (χ0n) is 14.5. The van der Waals surface area contributed by atoms with E-state index in [-0.39, 0.29) is 6.03 Å². The van der Waals surface area contributed by atoms with Crippen LogP contribution in [0.4, 0.5) is 21.0 Å². The van der Waals surface area contributed by atoms with Gasteiger partial charge in [-0.05, 0) is 74.1 Å². The first kappa shape index (κ1) is 16.2. The van der Waals surface area contributed by atoms with Gasteiger partial charge in [-0.3, -0.25) is 5.32 Å². The number of urea groups is 1. The Hall–Kier alpha value is -2.24. The van der Waals surface area contributed by atoms with Gasteiger partial charge in [-0.25, -0.2) is 9.59 Å². The molecule has 2 saturated carbocycles. The quantitative estimate of drug-likeness (QED) is 0.855. The fourth-order valence-electron chi connectivity index (χ4n) is 5.03. The van der Waals surface area contributed by atoms with Crippen LogP contribution in [0.25, 0.3) is 0 Å². The summed E-state index contributed by atoms with van der Waals surface area (Å²) in [4.78, 5) is 26.1. The summed E-state index contributed by atoms with van der Waals surface area (Å²) in [5.74, 6) is 2.32. The summed E-state index contributed by atoms with van der Waals surface area (Å²) in [7, 11) is 1.32. The molecule has 1 aromatic carbocycles. The molecule has 134 valence electrons. The minimum atomic E-state index is -0.507. The molecule has 2 heterocycles. The summed E-state index contributed by atoms with van der Waals surface area (Å²) < 4.78 is 4.57. The Bertz CT molecular complexity index is 646. The Labute approximate surface area is 147 Å². The van der Waals surface area contributed by atoms with Gasteiger partial charge in [0.25, 0.3) is 0 Å². The van der Waals surface area contributed by atoms with Crippen LogP contribution in [0.3, 0.4) is 0 Å². The predicted molar refractivity (Wildman–Crippen MR) is 95.5 cm³/mol. The van der Waals surface area contributed by atoms with Crippen molar-refractivity contribution >= 4 is 23.5 Å². The van der Waals surface area contributed by atoms with Crippen molar-refractivity contribution in [2.75, 3.05) is 24.3 Å². The summed E-state index contributed by atoms with van der Waals surface area (Å²) >= 11 is 0. The van der Waals surface area contributed by atoms with Gasteiger partial charge < -0.3 is 15.0 Å². The van der Waals surface area contributed by atoms with Crippen LogP contribution in [-0.4, -0.2) is 36.7 Å². The fraction of sp³-hybridized carbons (Fsp3) is 0.579. The van der Waals surface area contributed by atoms with Crippen LogP contribution in [-0.2, 0) is 4.74 Å². The second-order valence-electron chi connectivity index (χ2n) is 7.71. The lowest BCUT2D eigenvalue weighted by atomic mass is 9.68. The van der Waals surface area contributed by atoms with Crippen molar-refractivity contribution in [2.45, 2.75) is 38.1 Å². The average Bonchev–Trinajstić information content (AvgIpc) is 2.80. The van der Waals surface area contributed by atoms with E-state index in [4.69, 9.17) is 0 Å². The molecule has 6 nitrogen and oxygen atoms in total. The van der Waals surface area contributed by atoms with Gasteiger partial charge in [0.1, 0.15) is 0 Å². The molecule has 4 bridgehead atoms. The molecule has 2 saturated heterocycles. The van der Waals surface area contributed by atoms with E-state index < -0.39 is 6.09 Å². The van der Waals surface area contributed by atoms with Gasteiger partial charge >= 0.3 is 12.1 Å². The minimum absolute atomic E-state index is 0.00637. The smallest absolute Gasteiger partial charge is 0.411 e. The molecule has 6 heteroatoms. The van der Waals surface area contributed by atoms with Crippen LogP contribution >= 0.6 is 0 Å². The van der Waals surface area contributed by atoms with Crippen LogP contribution in [0.15, 0.2) is 24.3 Å². The molecule has 2 unspecified atom stereocenters. The summed E-state index contributed by atoms with van der Waals surface area (Å²) in [5, 5.41) is 5.62. The van der Waals surface area contributed by atoms with Gasteiger partial charge in [0.2, 0.25) is 0 Å². The number of amides is 3. The van der Waals surface area contributed by atoms with Crippen molar-refractivity contribution in [3.63, 3.8) is 0 Å². The second kappa shape index (κ2) is 6.58. The number of rotatable bonds is 2. The molecule has 2 aliphatic carbocycles. The Kier molecular flexibility index (Phi) is 4.27. The normalized spacial score (nSPS) is 29.9. The van der Waals surface area contributed by atoms with Gasteiger partial charge in [0.05, 0.1) is 7.11 Å². The van der Waals surface area contributed by atoms with E-state index >= 15 is 0 Å². The molecule has 2 atom stereocenters. The van der Waals surface area contributed by atoms with Crippen LogP contribution < -0.4 is 10.6 Å². The molecule has 3 amide bonds. The summed E-state index contributed by atoms with van der Waals surface area (Å²) in [6.45, 7) is 0.894. The zero-order valence-corrected chi connectivity index (χ0v) is 14.5. The van der Waals surface area contributed by atoms with Crippen molar-refractivity contribution < 1.29 is 14.3 Å². The van der Waals surface area contributed by atoms with E-state index in [1.54, 1.807) is 24.3 Å². The highest BCUT2D eigenvalue weighted by molar-refractivity contribution is 5.90. The van der Waals surface area contributed by atoms with Crippen LogP contribution in [0, 0.1) is 17.8 Å². The highest BCUT2D eigenvalue weighted by Crippen LogP contribution is 2.47. The average molecular weight is 343 g/mol. The molecule has 1 aromatic rings. The number of ether oxygens (including phenoxy) is 1. The zero-order chi connectivity index (χ0) is 17.4. The molecular weight excluding hydrogens is 318 g/mol. The lowest BCUT2D eigenvalue weighted by molar-refractivity contribution is 0.136. The second-order valence-corrected chi connectivity index (χ2v) is 7.71. The number of hydrogen-bond donors (Lipinski definition) is 2. The highest BCUT2D eigenvalue weighted by Gasteiger charge is 2.44. The maximum atomic E-state index is 12.8. The molecule has 0 aromatic heterocycles. The van der Waals surface area contributed by atoms with Gasteiger partial charge in [-0.1, -0.05) is 0 Å².